The Balaban J connectivity index is 2.04. The normalized spacial score (nSPS) is 10.2. The zero-order valence-electron chi connectivity index (χ0n) is 12.1. The van der Waals surface area contributed by atoms with Crippen molar-refractivity contribution in [3.63, 3.8) is 0 Å². The third kappa shape index (κ3) is 4.16. The number of amides is 2. The van der Waals surface area contributed by atoms with Crippen LogP contribution >= 0.6 is 11.3 Å². The summed E-state index contributed by atoms with van der Waals surface area (Å²) >= 11 is 1.42. The lowest BCUT2D eigenvalue weighted by molar-refractivity contribution is -0.118. The van der Waals surface area contributed by atoms with Crippen LogP contribution < -0.4 is 10.6 Å². The molecule has 0 unspecified atom stereocenters. The van der Waals surface area contributed by atoms with E-state index in [-0.39, 0.29) is 11.8 Å². The predicted octanol–water partition coefficient (Wildman–Crippen LogP) is 2.59. The summed E-state index contributed by atoms with van der Waals surface area (Å²) in [6.07, 6.45) is 0. The van der Waals surface area contributed by atoms with Gasteiger partial charge in [-0.15, -0.1) is 11.3 Å². The average molecular weight is 302 g/mol. The van der Waals surface area contributed by atoms with Crippen molar-refractivity contribution in [1.29, 1.82) is 0 Å². The molecule has 110 valence electrons. The van der Waals surface area contributed by atoms with Crippen molar-refractivity contribution in [1.82, 2.24) is 10.6 Å². The summed E-state index contributed by atoms with van der Waals surface area (Å²) in [5, 5.41) is 7.38. The van der Waals surface area contributed by atoms with Crippen LogP contribution in [-0.2, 0) is 4.79 Å². The van der Waals surface area contributed by atoms with E-state index < -0.39 is 0 Å². The highest BCUT2D eigenvalue weighted by Gasteiger charge is 2.14. The number of hydrogen-bond donors (Lipinski definition) is 2. The first-order valence-electron chi connectivity index (χ1n) is 6.75. The average Bonchev–Trinajstić information content (AvgIpc) is 2.93. The van der Waals surface area contributed by atoms with Crippen molar-refractivity contribution >= 4 is 23.2 Å². The minimum atomic E-state index is -0.106. The highest BCUT2D eigenvalue weighted by Crippen LogP contribution is 2.28. The third-order valence-electron chi connectivity index (χ3n) is 3.02. The van der Waals surface area contributed by atoms with Crippen LogP contribution in [0.15, 0.2) is 35.7 Å². The van der Waals surface area contributed by atoms with Crippen molar-refractivity contribution in [3.8, 4) is 11.1 Å². The van der Waals surface area contributed by atoms with Crippen molar-refractivity contribution in [2.24, 2.45) is 0 Å². The lowest BCUT2D eigenvalue weighted by Gasteiger charge is -2.07. The second-order valence-electron chi connectivity index (χ2n) is 4.77. The van der Waals surface area contributed by atoms with E-state index in [0.29, 0.717) is 18.0 Å². The zero-order chi connectivity index (χ0) is 15.2. The van der Waals surface area contributed by atoms with Crippen molar-refractivity contribution < 1.29 is 9.59 Å². The largest absolute Gasteiger partial charge is 0.355 e. The van der Waals surface area contributed by atoms with Gasteiger partial charge in [-0.3, -0.25) is 9.59 Å². The summed E-state index contributed by atoms with van der Waals surface area (Å²) in [7, 11) is 0. The molecule has 0 aliphatic heterocycles. The van der Waals surface area contributed by atoms with E-state index in [1.165, 1.54) is 23.8 Å². The first-order valence-corrected chi connectivity index (χ1v) is 7.63. The fourth-order valence-electron chi connectivity index (χ4n) is 1.94. The van der Waals surface area contributed by atoms with E-state index >= 15 is 0 Å². The fraction of sp³-hybridized carbons (Fsp3) is 0.250. The Morgan fingerprint density at radius 3 is 2.38 bits per heavy atom. The Morgan fingerprint density at radius 1 is 1.05 bits per heavy atom. The first-order chi connectivity index (χ1) is 10.1. The summed E-state index contributed by atoms with van der Waals surface area (Å²) in [5.74, 6) is -0.202. The maximum Gasteiger partial charge on any atom is 0.262 e. The molecule has 0 fully saturated rings. The zero-order valence-corrected chi connectivity index (χ0v) is 12.9. The Labute approximate surface area is 128 Å². The maximum atomic E-state index is 12.2. The van der Waals surface area contributed by atoms with Crippen molar-refractivity contribution in [3.05, 3.63) is 46.2 Å². The molecule has 1 heterocycles. The van der Waals surface area contributed by atoms with Crippen LogP contribution in [0.4, 0.5) is 0 Å². The van der Waals surface area contributed by atoms with Gasteiger partial charge in [0.1, 0.15) is 0 Å². The smallest absolute Gasteiger partial charge is 0.262 e. The van der Waals surface area contributed by atoms with E-state index in [9.17, 15) is 9.59 Å². The van der Waals surface area contributed by atoms with E-state index in [2.05, 4.69) is 10.6 Å². The highest BCUT2D eigenvalue weighted by molar-refractivity contribution is 7.12. The summed E-state index contributed by atoms with van der Waals surface area (Å²) in [6, 6.07) is 10.1. The summed E-state index contributed by atoms with van der Waals surface area (Å²) in [4.78, 5) is 23.7. The van der Waals surface area contributed by atoms with Gasteiger partial charge in [-0.2, -0.15) is 0 Å². The monoisotopic (exact) mass is 302 g/mol. The van der Waals surface area contributed by atoms with Crippen LogP contribution in [-0.4, -0.2) is 24.9 Å². The van der Waals surface area contributed by atoms with Gasteiger partial charge in [0.2, 0.25) is 5.91 Å². The number of carbonyl (C=O) groups excluding carboxylic acids is 2. The Hall–Kier alpha value is -2.14. The molecule has 0 saturated carbocycles. The van der Waals surface area contributed by atoms with Gasteiger partial charge in [-0.1, -0.05) is 29.8 Å². The number of hydrogen-bond acceptors (Lipinski definition) is 3. The van der Waals surface area contributed by atoms with Crippen LogP contribution in [0.1, 0.15) is 22.2 Å². The topological polar surface area (TPSA) is 58.2 Å². The van der Waals surface area contributed by atoms with Crippen LogP contribution in [0.3, 0.4) is 0 Å². The van der Waals surface area contributed by atoms with Crippen LogP contribution in [0, 0.1) is 6.92 Å². The summed E-state index contributed by atoms with van der Waals surface area (Å²) in [5.41, 5.74) is 3.17. The molecule has 0 aliphatic rings. The second kappa shape index (κ2) is 7.04. The molecule has 21 heavy (non-hydrogen) atoms. The molecule has 2 rings (SSSR count). The minimum absolute atomic E-state index is 0.0966. The van der Waals surface area contributed by atoms with Gasteiger partial charge < -0.3 is 10.6 Å². The lowest BCUT2D eigenvalue weighted by atomic mass is 10.0. The SMILES string of the molecule is CC(=O)NCCNC(=O)c1sccc1-c1ccc(C)cc1. The molecule has 4 nitrogen and oxygen atoms in total. The molecule has 0 spiro atoms. The molecule has 1 aromatic carbocycles. The molecule has 5 heteroatoms. The maximum absolute atomic E-state index is 12.2. The van der Waals surface area contributed by atoms with Gasteiger partial charge in [-0.05, 0) is 23.9 Å². The molecule has 0 bridgehead atoms. The third-order valence-corrected chi connectivity index (χ3v) is 3.93. The van der Waals surface area contributed by atoms with Gasteiger partial charge in [0, 0.05) is 25.6 Å². The van der Waals surface area contributed by atoms with Crippen LogP contribution in [0.2, 0.25) is 0 Å². The number of thiophene rings is 1. The van der Waals surface area contributed by atoms with Gasteiger partial charge in [0.25, 0.3) is 5.91 Å². The second-order valence-corrected chi connectivity index (χ2v) is 5.68. The number of rotatable bonds is 5. The van der Waals surface area contributed by atoms with Crippen LogP contribution in [0.5, 0.6) is 0 Å². The van der Waals surface area contributed by atoms with Crippen LogP contribution in [0.25, 0.3) is 11.1 Å². The molecular weight excluding hydrogens is 284 g/mol. The van der Waals surface area contributed by atoms with Gasteiger partial charge in [0.05, 0.1) is 4.88 Å². The standard InChI is InChI=1S/C16H18N2O2S/c1-11-3-5-13(6-4-11)14-7-10-21-15(14)16(20)18-9-8-17-12(2)19/h3-7,10H,8-9H2,1-2H3,(H,17,19)(H,18,20). The van der Waals surface area contributed by atoms with E-state index in [1.54, 1.807) is 0 Å². The molecule has 2 aromatic rings. The van der Waals surface area contributed by atoms with E-state index in [1.807, 2.05) is 42.6 Å². The molecule has 0 saturated heterocycles. The Kier molecular flexibility index (Phi) is 5.11. The lowest BCUT2D eigenvalue weighted by Crippen LogP contribution is -2.33. The fourth-order valence-corrected chi connectivity index (χ4v) is 2.77. The van der Waals surface area contributed by atoms with Crippen molar-refractivity contribution in [2.75, 3.05) is 13.1 Å². The molecule has 0 atom stereocenters. The Morgan fingerprint density at radius 2 is 1.71 bits per heavy atom. The van der Waals surface area contributed by atoms with Crippen molar-refractivity contribution in [2.45, 2.75) is 13.8 Å². The molecule has 2 N–H and O–H groups in total. The Bertz CT molecular complexity index is 632. The van der Waals surface area contributed by atoms with Gasteiger partial charge in [-0.25, -0.2) is 0 Å². The van der Waals surface area contributed by atoms with E-state index in [4.69, 9.17) is 0 Å². The van der Waals surface area contributed by atoms with Gasteiger partial charge >= 0.3 is 0 Å². The molecule has 2 amide bonds. The molecule has 0 radical (unpaired) electrons. The molecule has 0 aliphatic carbocycles. The first kappa shape index (κ1) is 15.3. The number of benzene rings is 1. The number of carbonyl (C=O) groups is 2. The predicted molar refractivity (Wildman–Crippen MR) is 85.5 cm³/mol. The quantitative estimate of drug-likeness (QED) is 0.834. The summed E-state index contributed by atoms with van der Waals surface area (Å²) in [6.45, 7) is 4.35. The van der Waals surface area contributed by atoms with Gasteiger partial charge in [0.15, 0.2) is 0 Å². The minimum Gasteiger partial charge on any atom is -0.355 e. The molecular formula is C16H18N2O2S. The molecule has 1 aromatic heterocycles. The van der Waals surface area contributed by atoms with E-state index in [0.717, 1.165) is 11.1 Å². The number of nitrogens with one attached hydrogen (secondary N) is 2. The summed E-state index contributed by atoms with van der Waals surface area (Å²) < 4.78 is 0. The highest BCUT2D eigenvalue weighted by atomic mass is 32.1. The number of aryl methyl sites for hydroxylation is 1.